The van der Waals surface area contributed by atoms with Crippen molar-refractivity contribution in [2.24, 2.45) is 0 Å². The molecular formula is C7H12O2. The maximum Gasteiger partial charge on any atom is 0.118 e. The van der Waals surface area contributed by atoms with Crippen LogP contribution >= 0.6 is 0 Å². The fourth-order valence-electron chi connectivity index (χ4n) is 1.77. The molecule has 0 aromatic carbocycles. The molecule has 0 aromatic heterocycles. The van der Waals surface area contributed by atoms with Crippen molar-refractivity contribution in [3.05, 3.63) is 0 Å². The number of hydrogen-bond donors (Lipinski definition) is 0. The summed E-state index contributed by atoms with van der Waals surface area (Å²) in [5.74, 6) is 0. The summed E-state index contributed by atoms with van der Waals surface area (Å²) < 4.78 is 10.6. The van der Waals surface area contributed by atoms with E-state index >= 15 is 0 Å². The van der Waals surface area contributed by atoms with E-state index in [0.717, 1.165) is 6.61 Å². The monoisotopic (exact) mass is 128 g/mol. The van der Waals surface area contributed by atoms with Crippen LogP contribution in [0.25, 0.3) is 0 Å². The van der Waals surface area contributed by atoms with Crippen molar-refractivity contribution in [1.29, 1.82) is 0 Å². The van der Waals surface area contributed by atoms with Crippen molar-refractivity contribution in [2.75, 3.05) is 13.7 Å². The summed E-state index contributed by atoms with van der Waals surface area (Å²) in [5, 5.41) is 0. The molecule has 52 valence electrons. The van der Waals surface area contributed by atoms with E-state index < -0.39 is 0 Å². The van der Waals surface area contributed by atoms with Gasteiger partial charge in [-0.15, -0.1) is 0 Å². The lowest BCUT2D eigenvalue weighted by Crippen LogP contribution is -2.24. The minimum atomic E-state index is 0.189. The number of hydrogen-bond acceptors (Lipinski definition) is 2. The van der Waals surface area contributed by atoms with E-state index in [1.807, 2.05) is 0 Å². The molecule has 0 bridgehead atoms. The number of ether oxygens (including phenoxy) is 2. The predicted octanol–water partition coefficient (Wildman–Crippen LogP) is 0.954. The number of epoxide rings is 1. The van der Waals surface area contributed by atoms with E-state index in [1.165, 1.54) is 19.3 Å². The van der Waals surface area contributed by atoms with E-state index in [9.17, 15) is 0 Å². The van der Waals surface area contributed by atoms with E-state index in [4.69, 9.17) is 9.47 Å². The molecule has 2 atom stereocenters. The fraction of sp³-hybridized carbons (Fsp3) is 1.00. The largest absolute Gasteiger partial charge is 0.378 e. The van der Waals surface area contributed by atoms with Crippen molar-refractivity contribution in [3.8, 4) is 0 Å². The molecule has 1 aliphatic carbocycles. The first kappa shape index (κ1) is 5.69. The molecule has 1 heterocycles. The third-order valence-electron chi connectivity index (χ3n) is 2.45. The van der Waals surface area contributed by atoms with Gasteiger partial charge in [0.25, 0.3) is 0 Å². The van der Waals surface area contributed by atoms with Crippen LogP contribution in [0.1, 0.15) is 19.3 Å². The minimum Gasteiger partial charge on any atom is -0.378 e. The van der Waals surface area contributed by atoms with E-state index in [0.29, 0.717) is 6.10 Å². The maximum atomic E-state index is 5.34. The number of rotatable bonds is 1. The number of methoxy groups -OCH3 is 1. The van der Waals surface area contributed by atoms with E-state index in [1.54, 1.807) is 7.11 Å². The summed E-state index contributed by atoms with van der Waals surface area (Å²) in [4.78, 5) is 0. The first-order chi connectivity index (χ1) is 4.37. The Bertz CT molecular complexity index is 118. The molecule has 0 radical (unpaired) electrons. The van der Waals surface area contributed by atoms with Gasteiger partial charge in [-0.05, 0) is 19.3 Å². The Labute approximate surface area is 55.1 Å². The van der Waals surface area contributed by atoms with Crippen LogP contribution in [0, 0.1) is 0 Å². The fourth-order valence-corrected chi connectivity index (χ4v) is 1.77. The average molecular weight is 128 g/mol. The Morgan fingerprint density at radius 2 is 2.44 bits per heavy atom. The Hall–Kier alpha value is -0.0800. The Morgan fingerprint density at radius 3 is 2.89 bits per heavy atom. The highest BCUT2D eigenvalue weighted by molar-refractivity contribution is 5.03. The van der Waals surface area contributed by atoms with Gasteiger partial charge in [0.1, 0.15) is 5.60 Å². The summed E-state index contributed by atoms with van der Waals surface area (Å²) in [7, 11) is 1.78. The van der Waals surface area contributed by atoms with Crippen LogP contribution in [0.3, 0.4) is 0 Å². The lowest BCUT2D eigenvalue weighted by atomic mass is 10.1. The van der Waals surface area contributed by atoms with Gasteiger partial charge >= 0.3 is 0 Å². The average Bonchev–Trinajstić information content (AvgIpc) is 2.45. The van der Waals surface area contributed by atoms with Gasteiger partial charge in [-0.1, -0.05) is 0 Å². The molecule has 0 aromatic rings. The second kappa shape index (κ2) is 1.70. The molecule has 9 heavy (non-hydrogen) atoms. The molecule has 1 saturated heterocycles. The highest BCUT2D eigenvalue weighted by Crippen LogP contribution is 2.44. The van der Waals surface area contributed by atoms with Crippen molar-refractivity contribution in [1.82, 2.24) is 0 Å². The lowest BCUT2D eigenvalue weighted by Gasteiger charge is -2.11. The van der Waals surface area contributed by atoms with Crippen LogP contribution in [-0.2, 0) is 9.47 Å². The van der Waals surface area contributed by atoms with Crippen LogP contribution in [0.15, 0.2) is 0 Å². The molecule has 2 nitrogen and oxygen atoms in total. The predicted molar refractivity (Wildman–Crippen MR) is 33.3 cm³/mol. The zero-order valence-corrected chi connectivity index (χ0v) is 5.72. The highest BCUT2D eigenvalue weighted by atomic mass is 16.6. The highest BCUT2D eigenvalue weighted by Gasteiger charge is 2.54. The summed E-state index contributed by atoms with van der Waals surface area (Å²) in [6, 6.07) is 0. The molecule has 1 saturated carbocycles. The zero-order chi connectivity index (χ0) is 6.32. The topological polar surface area (TPSA) is 21.8 Å². The normalized spacial score (nSPS) is 48.3. The lowest BCUT2D eigenvalue weighted by molar-refractivity contribution is 0.0504. The molecule has 1 spiro atoms. The third kappa shape index (κ3) is 0.700. The van der Waals surface area contributed by atoms with Crippen LogP contribution < -0.4 is 0 Å². The van der Waals surface area contributed by atoms with Crippen LogP contribution in [0.5, 0.6) is 0 Å². The molecule has 0 N–H and O–H groups in total. The van der Waals surface area contributed by atoms with E-state index in [2.05, 4.69) is 0 Å². The van der Waals surface area contributed by atoms with Crippen LogP contribution in [0.2, 0.25) is 0 Å². The Morgan fingerprint density at radius 1 is 1.67 bits per heavy atom. The second-order valence-corrected chi connectivity index (χ2v) is 2.97. The smallest absolute Gasteiger partial charge is 0.118 e. The van der Waals surface area contributed by atoms with Gasteiger partial charge in [-0.2, -0.15) is 0 Å². The summed E-state index contributed by atoms with van der Waals surface area (Å²) >= 11 is 0. The second-order valence-electron chi connectivity index (χ2n) is 2.97. The molecule has 2 unspecified atom stereocenters. The molecule has 2 fully saturated rings. The van der Waals surface area contributed by atoms with Gasteiger partial charge in [-0.3, -0.25) is 0 Å². The van der Waals surface area contributed by atoms with Crippen LogP contribution in [-0.4, -0.2) is 25.4 Å². The van der Waals surface area contributed by atoms with Crippen molar-refractivity contribution < 1.29 is 9.47 Å². The molecule has 1 aliphatic heterocycles. The molecule has 2 aliphatic rings. The standard InChI is InChI=1S/C7H12O2/c1-8-6-3-2-4-7(6)5-9-7/h6H,2-5H2,1H3. The molecule has 2 rings (SSSR count). The summed E-state index contributed by atoms with van der Waals surface area (Å²) in [6.45, 7) is 0.936. The van der Waals surface area contributed by atoms with Gasteiger partial charge in [0, 0.05) is 7.11 Å². The molecule has 0 amide bonds. The van der Waals surface area contributed by atoms with Gasteiger partial charge in [0.2, 0.25) is 0 Å². The molecular weight excluding hydrogens is 116 g/mol. The minimum absolute atomic E-state index is 0.189. The van der Waals surface area contributed by atoms with Gasteiger partial charge < -0.3 is 9.47 Å². The first-order valence-electron chi connectivity index (χ1n) is 3.54. The van der Waals surface area contributed by atoms with Crippen LogP contribution in [0.4, 0.5) is 0 Å². The summed E-state index contributed by atoms with van der Waals surface area (Å²) in [5.41, 5.74) is 0.189. The van der Waals surface area contributed by atoms with Crippen molar-refractivity contribution >= 4 is 0 Å². The quantitative estimate of drug-likeness (QED) is 0.490. The van der Waals surface area contributed by atoms with Gasteiger partial charge in [0.05, 0.1) is 12.7 Å². The Kier molecular flexibility index (Phi) is 1.08. The Balaban J connectivity index is 2.05. The first-order valence-corrected chi connectivity index (χ1v) is 3.54. The van der Waals surface area contributed by atoms with Crippen molar-refractivity contribution in [3.63, 3.8) is 0 Å². The van der Waals surface area contributed by atoms with Gasteiger partial charge in [0.15, 0.2) is 0 Å². The van der Waals surface area contributed by atoms with Gasteiger partial charge in [-0.25, -0.2) is 0 Å². The SMILES string of the molecule is COC1CCCC12CO2. The molecule has 2 heteroatoms. The third-order valence-corrected chi connectivity index (χ3v) is 2.45. The van der Waals surface area contributed by atoms with E-state index in [-0.39, 0.29) is 5.60 Å². The van der Waals surface area contributed by atoms with Crippen molar-refractivity contribution in [2.45, 2.75) is 31.0 Å². The zero-order valence-electron chi connectivity index (χ0n) is 5.72. The maximum absolute atomic E-state index is 5.34. The summed E-state index contributed by atoms with van der Waals surface area (Å²) in [6.07, 6.45) is 4.08.